The number of rotatable bonds is 3. The molecule has 3 nitrogen and oxygen atoms in total. The van der Waals surface area contributed by atoms with Crippen LogP contribution in [0.4, 0.5) is 0 Å². The van der Waals surface area contributed by atoms with Crippen molar-refractivity contribution >= 4 is 28.8 Å². The maximum Gasteiger partial charge on any atom is 0.263 e. The molecule has 1 heterocycles. The van der Waals surface area contributed by atoms with Crippen LogP contribution in [0, 0.1) is 5.41 Å². The molecular weight excluding hydrogens is 244 g/mol. The lowest BCUT2D eigenvalue weighted by atomic mass is 9.87. The van der Waals surface area contributed by atoms with Crippen molar-refractivity contribution in [2.45, 2.75) is 26.8 Å². The molecule has 90 valence electrons. The van der Waals surface area contributed by atoms with E-state index < -0.39 is 0 Å². The smallest absolute Gasteiger partial charge is 0.263 e. The van der Waals surface area contributed by atoms with Crippen molar-refractivity contribution in [1.82, 2.24) is 5.32 Å². The number of thiophene rings is 1. The maximum absolute atomic E-state index is 11.9. The lowest BCUT2D eigenvalue weighted by Gasteiger charge is -2.30. The Morgan fingerprint density at radius 3 is 2.62 bits per heavy atom. The van der Waals surface area contributed by atoms with Crippen LogP contribution in [0.1, 0.15) is 30.4 Å². The quantitative estimate of drug-likeness (QED) is 0.877. The van der Waals surface area contributed by atoms with Crippen LogP contribution in [-0.4, -0.2) is 18.5 Å². The van der Waals surface area contributed by atoms with Gasteiger partial charge in [0, 0.05) is 12.6 Å². The van der Waals surface area contributed by atoms with Crippen molar-refractivity contribution in [2.75, 3.05) is 6.54 Å². The summed E-state index contributed by atoms with van der Waals surface area (Å²) in [7, 11) is 0. The molecule has 0 aliphatic heterocycles. The Labute approximate surface area is 105 Å². The molecule has 16 heavy (non-hydrogen) atoms. The lowest BCUT2D eigenvalue weighted by Crippen LogP contribution is -2.48. The van der Waals surface area contributed by atoms with E-state index in [4.69, 9.17) is 17.3 Å². The van der Waals surface area contributed by atoms with Gasteiger partial charge >= 0.3 is 0 Å². The number of nitrogens with two attached hydrogens (primary N) is 1. The summed E-state index contributed by atoms with van der Waals surface area (Å²) in [6.07, 6.45) is 0. The first-order valence-corrected chi connectivity index (χ1v) is 6.36. The molecule has 1 atom stereocenters. The van der Waals surface area contributed by atoms with E-state index in [0.717, 1.165) is 0 Å². The SMILES string of the molecule is CC(C)(C)C(CN)NC(=O)c1sccc1Cl. The van der Waals surface area contributed by atoms with Gasteiger partial charge in [-0.05, 0) is 16.9 Å². The standard InChI is InChI=1S/C11H17ClN2OS/c1-11(2,3)8(6-13)14-10(15)9-7(12)4-5-16-9/h4-5,8H,6,13H2,1-3H3,(H,14,15). The molecule has 0 saturated carbocycles. The highest BCUT2D eigenvalue weighted by molar-refractivity contribution is 7.12. The van der Waals surface area contributed by atoms with Crippen LogP contribution in [0.5, 0.6) is 0 Å². The molecule has 0 aromatic carbocycles. The maximum atomic E-state index is 11.9. The van der Waals surface area contributed by atoms with Crippen molar-refractivity contribution in [1.29, 1.82) is 0 Å². The lowest BCUT2D eigenvalue weighted by molar-refractivity contribution is 0.0910. The molecule has 0 fully saturated rings. The zero-order chi connectivity index (χ0) is 12.3. The highest BCUT2D eigenvalue weighted by Gasteiger charge is 2.26. The molecular formula is C11H17ClN2OS. The second-order valence-corrected chi connectivity index (χ2v) is 6.05. The number of hydrogen-bond donors (Lipinski definition) is 2. The van der Waals surface area contributed by atoms with Gasteiger partial charge in [0.1, 0.15) is 4.88 Å². The monoisotopic (exact) mass is 260 g/mol. The summed E-state index contributed by atoms with van der Waals surface area (Å²) in [6, 6.07) is 1.66. The fourth-order valence-corrected chi connectivity index (χ4v) is 2.35. The van der Waals surface area contributed by atoms with Crippen molar-refractivity contribution in [3.05, 3.63) is 21.3 Å². The minimum Gasteiger partial charge on any atom is -0.347 e. The largest absolute Gasteiger partial charge is 0.347 e. The summed E-state index contributed by atoms with van der Waals surface area (Å²) < 4.78 is 0. The predicted molar refractivity (Wildman–Crippen MR) is 69.1 cm³/mol. The van der Waals surface area contributed by atoms with Crippen LogP contribution < -0.4 is 11.1 Å². The molecule has 0 saturated heterocycles. The Bertz CT molecular complexity index is 370. The summed E-state index contributed by atoms with van der Waals surface area (Å²) in [5.41, 5.74) is 5.59. The molecule has 1 unspecified atom stereocenters. The Kier molecular flexibility index (Phi) is 4.35. The minimum absolute atomic E-state index is 0.0573. The molecule has 1 amide bonds. The van der Waals surface area contributed by atoms with Crippen molar-refractivity contribution in [3.8, 4) is 0 Å². The molecule has 1 aromatic heterocycles. The van der Waals surface area contributed by atoms with E-state index in [1.54, 1.807) is 11.4 Å². The van der Waals surface area contributed by atoms with Crippen molar-refractivity contribution in [2.24, 2.45) is 11.1 Å². The Hall–Kier alpha value is -0.580. The number of carbonyl (C=O) groups is 1. The van der Waals surface area contributed by atoms with Crippen LogP contribution in [0.25, 0.3) is 0 Å². The molecule has 0 radical (unpaired) electrons. The van der Waals surface area contributed by atoms with Gasteiger partial charge in [0.25, 0.3) is 5.91 Å². The average molecular weight is 261 g/mol. The van der Waals surface area contributed by atoms with Gasteiger partial charge in [-0.1, -0.05) is 32.4 Å². The highest BCUT2D eigenvalue weighted by atomic mass is 35.5. The van der Waals surface area contributed by atoms with Crippen molar-refractivity contribution < 1.29 is 4.79 Å². The molecule has 0 aliphatic rings. The summed E-state index contributed by atoms with van der Waals surface area (Å²) >= 11 is 7.23. The third-order valence-electron chi connectivity index (χ3n) is 2.41. The number of amides is 1. The molecule has 1 rings (SSSR count). The average Bonchev–Trinajstić information content (AvgIpc) is 2.58. The van der Waals surface area contributed by atoms with Crippen LogP contribution in [0.3, 0.4) is 0 Å². The third-order valence-corrected chi connectivity index (χ3v) is 3.75. The van der Waals surface area contributed by atoms with E-state index in [1.807, 2.05) is 20.8 Å². The van der Waals surface area contributed by atoms with Crippen LogP contribution in [0.15, 0.2) is 11.4 Å². The topological polar surface area (TPSA) is 55.1 Å². The fourth-order valence-electron chi connectivity index (χ4n) is 1.31. The number of carbonyl (C=O) groups excluding carboxylic acids is 1. The van der Waals surface area contributed by atoms with Gasteiger partial charge in [-0.15, -0.1) is 11.3 Å². The predicted octanol–water partition coefficient (Wildman–Crippen LogP) is 2.50. The third kappa shape index (κ3) is 3.20. The summed E-state index contributed by atoms with van der Waals surface area (Å²) in [5, 5.41) is 5.20. The van der Waals surface area contributed by atoms with E-state index >= 15 is 0 Å². The first-order valence-electron chi connectivity index (χ1n) is 5.10. The molecule has 5 heteroatoms. The summed E-state index contributed by atoms with van der Waals surface area (Å²) in [4.78, 5) is 12.4. The zero-order valence-electron chi connectivity index (χ0n) is 9.71. The number of halogens is 1. The first-order chi connectivity index (χ1) is 7.36. The second kappa shape index (κ2) is 5.17. The van der Waals surface area contributed by atoms with Gasteiger partial charge in [-0.3, -0.25) is 4.79 Å². The van der Waals surface area contributed by atoms with Gasteiger partial charge in [0.05, 0.1) is 5.02 Å². The Morgan fingerprint density at radius 1 is 1.62 bits per heavy atom. The Morgan fingerprint density at radius 2 is 2.25 bits per heavy atom. The van der Waals surface area contributed by atoms with E-state index in [0.29, 0.717) is 16.4 Å². The van der Waals surface area contributed by atoms with Gasteiger partial charge < -0.3 is 11.1 Å². The summed E-state index contributed by atoms with van der Waals surface area (Å²) in [6.45, 7) is 6.54. The fraction of sp³-hybridized carbons (Fsp3) is 0.545. The molecule has 0 aliphatic carbocycles. The molecule has 3 N–H and O–H groups in total. The van der Waals surface area contributed by atoms with Gasteiger partial charge in [-0.25, -0.2) is 0 Å². The van der Waals surface area contributed by atoms with Crippen LogP contribution in [0.2, 0.25) is 5.02 Å². The first kappa shape index (κ1) is 13.5. The highest BCUT2D eigenvalue weighted by Crippen LogP contribution is 2.23. The number of hydrogen-bond acceptors (Lipinski definition) is 3. The van der Waals surface area contributed by atoms with Crippen LogP contribution >= 0.6 is 22.9 Å². The second-order valence-electron chi connectivity index (χ2n) is 4.73. The van der Waals surface area contributed by atoms with Crippen LogP contribution in [-0.2, 0) is 0 Å². The normalized spacial score (nSPS) is 13.6. The molecule has 1 aromatic rings. The van der Waals surface area contributed by atoms with E-state index in [9.17, 15) is 4.79 Å². The van der Waals surface area contributed by atoms with Gasteiger partial charge in [0.15, 0.2) is 0 Å². The van der Waals surface area contributed by atoms with E-state index in [2.05, 4.69) is 5.32 Å². The van der Waals surface area contributed by atoms with Gasteiger partial charge in [0.2, 0.25) is 0 Å². The van der Waals surface area contributed by atoms with E-state index in [-0.39, 0.29) is 17.4 Å². The zero-order valence-corrected chi connectivity index (χ0v) is 11.3. The minimum atomic E-state index is -0.148. The Balaban J connectivity index is 2.74. The van der Waals surface area contributed by atoms with Crippen molar-refractivity contribution in [3.63, 3.8) is 0 Å². The molecule has 0 bridgehead atoms. The van der Waals surface area contributed by atoms with E-state index in [1.165, 1.54) is 11.3 Å². The molecule has 0 spiro atoms. The summed E-state index contributed by atoms with van der Waals surface area (Å²) in [5.74, 6) is -0.148. The number of nitrogens with one attached hydrogen (secondary N) is 1. The van der Waals surface area contributed by atoms with Gasteiger partial charge in [-0.2, -0.15) is 0 Å².